The number of carbonyl (C=O) groups excluding carboxylic acids is 2. The molecule has 7 nitrogen and oxygen atoms in total. The van der Waals surface area contributed by atoms with Gasteiger partial charge in [0, 0.05) is 46.7 Å². The van der Waals surface area contributed by atoms with Crippen LogP contribution in [0.2, 0.25) is 0 Å². The molecule has 0 aromatic heterocycles. The second-order valence-electron chi connectivity index (χ2n) is 5.92. The quantitative estimate of drug-likeness (QED) is 0.419. The number of hydrogen-bond acceptors (Lipinski definition) is 3. The van der Waals surface area contributed by atoms with Gasteiger partial charge in [-0.3, -0.25) is 9.59 Å². The molecule has 1 saturated heterocycles. The average molecular weight is 309 g/mol. The van der Waals surface area contributed by atoms with E-state index in [-0.39, 0.29) is 24.4 Å². The van der Waals surface area contributed by atoms with Crippen LogP contribution in [0.25, 0.3) is 0 Å². The van der Waals surface area contributed by atoms with Crippen molar-refractivity contribution in [2.75, 3.05) is 40.8 Å². The van der Waals surface area contributed by atoms with Crippen molar-refractivity contribution >= 4 is 17.8 Å². The molecule has 0 aromatic carbocycles. The van der Waals surface area contributed by atoms with Gasteiger partial charge in [0.05, 0.1) is 0 Å². The minimum Gasteiger partial charge on any atom is -0.353 e. The van der Waals surface area contributed by atoms with Crippen molar-refractivity contribution in [3.05, 3.63) is 12.2 Å². The highest BCUT2D eigenvalue weighted by Gasteiger charge is 2.23. The van der Waals surface area contributed by atoms with Crippen molar-refractivity contribution in [1.82, 2.24) is 20.4 Å². The first kappa shape index (κ1) is 18.0. The molecule has 1 atom stereocenters. The molecule has 1 aliphatic heterocycles. The maximum Gasteiger partial charge on any atom is 0.243 e. The van der Waals surface area contributed by atoms with Crippen molar-refractivity contribution in [3.8, 4) is 0 Å². The van der Waals surface area contributed by atoms with Crippen LogP contribution < -0.4 is 10.6 Å². The first-order chi connectivity index (χ1) is 10.3. The number of guanidine groups is 1. The fraction of sp³-hybridized carbons (Fsp3) is 0.667. The third-order valence-corrected chi connectivity index (χ3v) is 3.40. The molecule has 0 spiro atoms. The summed E-state index contributed by atoms with van der Waals surface area (Å²) in [7, 11) is 5.20. The van der Waals surface area contributed by atoms with E-state index in [0.717, 1.165) is 12.0 Å². The Morgan fingerprint density at radius 2 is 2.18 bits per heavy atom. The molecule has 1 aliphatic rings. The zero-order chi connectivity index (χ0) is 16.7. The van der Waals surface area contributed by atoms with Gasteiger partial charge in [-0.25, -0.2) is 4.99 Å². The van der Waals surface area contributed by atoms with Crippen LogP contribution in [-0.4, -0.2) is 74.4 Å². The lowest BCUT2D eigenvalue weighted by molar-refractivity contribution is -0.132. The molecule has 0 aliphatic carbocycles. The standard InChI is InChI=1S/C15H27N5O2/c1-11(2)8-16-15(17-9-14(22)19(3)4)18-12-6-7-13(21)20(5)10-12/h12H,1,6-10H2,2-5H3,(H2,16,17,18). The molecule has 1 unspecified atom stereocenters. The molecule has 1 rings (SSSR count). The molecule has 0 aromatic rings. The SMILES string of the molecule is C=C(C)CNC(=NCC(=O)N(C)C)NC1CCC(=O)N(C)C1. The lowest BCUT2D eigenvalue weighted by atomic mass is 10.1. The molecule has 7 heteroatoms. The van der Waals surface area contributed by atoms with Gasteiger partial charge in [0.1, 0.15) is 6.54 Å². The molecule has 0 saturated carbocycles. The predicted molar refractivity (Wildman–Crippen MR) is 87.6 cm³/mol. The number of likely N-dealkylation sites (N-methyl/N-ethyl adjacent to an activating group) is 2. The first-order valence-electron chi connectivity index (χ1n) is 7.43. The molecule has 124 valence electrons. The average Bonchev–Trinajstić information content (AvgIpc) is 2.45. The van der Waals surface area contributed by atoms with Gasteiger partial charge in [0.25, 0.3) is 0 Å². The number of nitrogens with zero attached hydrogens (tertiary/aromatic N) is 3. The fourth-order valence-electron chi connectivity index (χ4n) is 2.00. The lowest BCUT2D eigenvalue weighted by Gasteiger charge is -2.31. The van der Waals surface area contributed by atoms with Crippen molar-refractivity contribution in [2.24, 2.45) is 4.99 Å². The lowest BCUT2D eigenvalue weighted by Crippen LogP contribution is -2.52. The fourth-order valence-corrected chi connectivity index (χ4v) is 2.00. The monoisotopic (exact) mass is 309 g/mol. The highest BCUT2D eigenvalue weighted by atomic mass is 16.2. The topological polar surface area (TPSA) is 77.0 Å². The second kappa shape index (κ2) is 8.41. The Bertz CT molecular complexity index is 459. The van der Waals surface area contributed by atoms with E-state index < -0.39 is 0 Å². The van der Waals surface area contributed by atoms with E-state index in [0.29, 0.717) is 25.5 Å². The van der Waals surface area contributed by atoms with Gasteiger partial charge in [0.2, 0.25) is 11.8 Å². The Balaban J connectivity index is 2.64. The van der Waals surface area contributed by atoms with E-state index in [9.17, 15) is 9.59 Å². The van der Waals surface area contributed by atoms with Crippen molar-refractivity contribution in [3.63, 3.8) is 0 Å². The number of aliphatic imine (C=N–C) groups is 1. The zero-order valence-electron chi connectivity index (χ0n) is 14.0. The third kappa shape index (κ3) is 6.15. The summed E-state index contributed by atoms with van der Waals surface area (Å²) in [6.07, 6.45) is 1.29. The zero-order valence-corrected chi connectivity index (χ0v) is 14.0. The minimum atomic E-state index is -0.0626. The first-order valence-corrected chi connectivity index (χ1v) is 7.43. The van der Waals surface area contributed by atoms with Crippen LogP contribution in [0.1, 0.15) is 19.8 Å². The summed E-state index contributed by atoms with van der Waals surface area (Å²) in [5.74, 6) is 0.674. The summed E-state index contributed by atoms with van der Waals surface area (Å²) in [6, 6.07) is 0.133. The summed E-state index contributed by atoms with van der Waals surface area (Å²) in [5, 5.41) is 6.44. The Kier molecular flexibility index (Phi) is 6.88. The number of rotatable bonds is 5. The van der Waals surface area contributed by atoms with Crippen LogP contribution in [0.3, 0.4) is 0 Å². The van der Waals surface area contributed by atoms with Gasteiger partial charge in [-0.2, -0.15) is 0 Å². The van der Waals surface area contributed by atoms with E-state index >= 15 is 0 Å². The number of nitrogens with one attached hydrogen (secondary N) is 2. The highest BCUT2D eigenvalue weighted by Crippen LogP contribution is 2.09. The van der Waals surface area contributed by atoms with E-state index in [2.05, 4.69) is 22.2 Å². The van der Waals surface area contributed by atoms with Gasteiger partial charge in [0.15, 0.2) is 5.96 Å². The Morgan fingerprint density at radius 3 is 2.73 bits per heavy atom. The van der Waals surface area contributed by atoms with E-state index in [1.54, 1.807) is 26.0 Å². The number of carbonyl (C=O) groups is 2. The van der Waals surface area contributed by atoms with E-state index in [4.69, 9.17) is 0 Å². The van der Waals surface area contributed by atoms with Gasteiger partial charge < -0.3 is 20.4 Å². The Morgan fingerprint density at radius 1 is 1.50 bits per heavy atom. The van der Waals surface area contributed by atoms with Gasteiger partial charge in [-0.05, 0) is 13.3 Å². The second-order valence-corrected chi connectivity index (χ2v) is 5.92. The molecule has 0 radical (unpaired) electrons. The van der Waals surface area contributed by atoms with Crippen LogP contribution in [0, 0.1) is 0 Å². The normalized spacial score (nSPS) is 18.9. The Hall–Kier alpha value is -2.05. The minimum absolute atomic E-state index is 0.0626. The third-order valence-electron chi connectivity index (χ3n) is 3.40. The van der Waals surface area contributed by atoms with Crippen LogP contribution in [0.15, 0.2) is 17.1 Å². The van der Waals surface area contributed by atoms with Gasteiger partial charge >= 0.3 is 0 Å². The molecule has 2 amide bonds. The summed E-state index contributed by atoms with van der Waals surface area (Å²) < 4.78 is 0. The number of amides is 2. The molecule has 2 N–H and O–H groups in total. The van der Waals surface area contributed by atoms with Crippen LogP contribution in [0.4, 0.5) is 0 Å². The van der Waals surface area contributed by atoms with Crippen LogP contribution >= 0.6 is 0 Å². The molecule has 22 heavy (non-hydrogen) atoms. The summed E-state index contributed by atoms with van der Waals surface area (Å²) in [5.41, 5.74) is 0.976. The number of hydrogen-bond donors (Lipinski definition) is 2. The van der Waals surface area contributed by atoms with Gasteiger partial charge in [-0.1, -0.05) is 12.2 Å². The van der Waals surface area contributed by atoms with E-state index in [1.165, 1.54) is 4.90 Å². The van der Waals surface area contributed by atoms with Crippen LogP contribution in [0.5, 0.6) is 0 Å². The van der Waals surface area contributed by atoms with Crippen molar-refractivity contribution in [1.29, 1.82) is 0 Å². The largest absolute Gasteiger partial charge is 0.353 e. The Labute approximate surface area is 132 Å². The highest BCUT2D eigenvalue weighted by molar-refractivity contribution is 5.85. The van der Waals surface area contributed by atoms with Crippen molar-refractivity contribution < 1.29 is 9.59 Å². The number of piperidine rings is 1. The van der Waals surface area contributed by atoms with Gasteiger partial charge in [-0.15, -0.1) is 0 Å². The molecule has 1 fully saturated rings. The van der Waals surface area contributed by atoms with Crippen molar-refractivity contribution in [2.45, 2.75) is 25.8 Å². The number of likely N-dealkylation sites (tertiary alicyclic amines) is 1. The van der Waals surface area contributed by atoms with E-state index in [1.807, 2.05) is 6.92 Å². The molecular formula is C15H27N5O2. The molecule has 0 bridgehead atoms. The summed E-state index contributed by atoms with van der Waals surface area (Å²) in [4.78, 5) is 30.7. The summed E-state index contributed by atoms with van der Waals surface area (Å²) >= 11 is 0. The maximum absolute atomic E-state index is 11.7. The molecule has 1 heterocycles. The maximum atomic E-state index is 11.7. The van der Waals surface area contributed by atoms with Crippen LogP contribution in [-0.2, 0) is 9.59 Å². The smallest absolute Gasteiger partial charge is 0.243 e. The molecular weight excluding hydrogens is 282 g/mol. The predicted octanol–water partition coefficient (Wildman–Crippen LogP) is -0.193. The summed E-state index contributed by atoms with van der Waals surface area (Å²) in [6.45, 7) is 7.07.